The van der Waals surface area contributed by atoms with Crippen molar-refractivity contribution in [3.8, 4) is 0 Å². The SMILES string of the molecule is CCOC(=O)C1=C(c2ccccc2)N=C2SCC(=O)N2[C@H]1c1ccc(SC)cc1. The molecule has 148 valence electrons. The van der Waals surface area contributed by atoms with Gasteiger partial charge in [0.25, 0.3) is 0 Å². The molecule has 2 aromatic carbocycles. The van der Waals surface area contributed by atoms with Gasteiger partial charge in [-0.05, 0) is 30.9 Å². The second-order valence-corrected chi connectivity index (χ2v) is 8.29. The number of carbonyl (C=O) groups is 2. The topological polar surface area (TPSA) is 59.0 Å². The summed E-state index contributed by atoms with van der Waals surface area (Å²) in [4.78, 5) is 33.3. The number of aliphatic imine (C=N–C) groups is 1. The maximum Gasteiger partial charge on any atom is 0.338 e. The summed E-state index contributed by atoms with van der Waals surface area (Å²) in [6.07, 6.45) is 2.01. The lowest BCUT2D eigenvalue weighted by Crippen LogP contribution is -2.39. The van der Waals surface area contributed by atoms with E-state index in [2.05, 4.69) is 0 Å². The van der Waals surface area contributed by atoms with E-state index in [9.17, 15) is 9.59 Å². The highest BCUT2D eigenvalue weighted by Crippen LogP contribution is 2.44. The number of esters is 1. The molecular formula is C22H20N2O3S2. The molecule has 1 fully saturated rings. The Morgan fingerprint density at radius 1 is 1.21 bits per heavy atom. The Bertz CT molecular complexity index is 1000. The number of carbonyl (C=O) groups excluding carboxylic acids is 2. The minimum absolute atomic E-state index is 0.0541. The number of rotatable bonds is 5. The highest BCUT2D eigenvalue weighted by molar-refractivity contribution is 8.15. The predicted molar refractivity (Wildman–Crippen MR) is 118 cm³/mol. The summed E-state index contributed by atoms with van der Waals surface area (Å²) >= 11 is 3.05. The van der Waals surface area contributed by atoms with E-state index in [4.69, 9.17) is 9.73 Å². The van der Waals surface area contributed by atoms with Crippen LogP contribution in [0.1, 0.15) is 24.1 Å². The fraction of sp³-hybridized carbons (Fsp3) is 0.227. The van der Waals surface area contributed by atoms with Crippen LogP contribution in [0.25, 0.3) is 5.70 Å². The molecule has 0 bridgehead atoms. The fourth-order valence-electron chi connectivity index (χ4n) is 3.46. The molecule has 5 nitrogen and oxygen atoms in total. The third-order valence-electron chi connectivity index (χ3n) is 4.77. The maximum absolute atomic E-state index is 13.1. The molecule has 7 heteroatoms. The van der Waals surface area contributed by atoms with Crippen LogP contribution in [0.4, 0.5) is 0 Å². The first-order chi connectivity index (χ1) is 14.1. The van der Waals surface area contributed by atoms with Crippen molar-refractivity contribution in [2.45, 2.75) is 17.9 Å². The van der Waals surface area contributed by atoms with Crippen molar-refractivity contribution in [3.63, 3.8) is 0 Å². The molecule has 1 saturated heterocycles. The van der Waals surface area contributed by atoms with Crippen molar-refractivity contribution in [2.75, 3.05) is 18.6 Å². The zero-order chi connectivity index (χ0) is 20.4. The molecular weight excluding hydrogens is 404 g/mol. The molecule has 0 saturated carbocycles. The molecule has 29 heavy (non-hydrogen) atoms. The van der Waals surface area contributed by atoms with E-state index >= 15 is 0 Å². The highest BCUT2D eigenvalue weighted by atomic mass is 32.2. The normalized spacial score (nSPS) is 18.6. The summed E-state index contributed by atoms with van der Waals surface area (Å²) < 4.78 is 5.40. The third kappa shape index (κ3) is 3.72. The van der Waals surface area contributed by atoms with Crippen molar-refractivity contribution in [3.05, 3.63) is 71.3 Å². The van der Waals surface area contributed by atoms with Gasteiger partial charge in [0.1, 0.15) is 0 Å². The van der Waals surface area contributed by atoms with Gasteiger partial charge in [0.2, 0.25) is 5.91 Å². The van der Waals surface area contributed by atoms with E-state index in [0.29, 0.717) is 22.2 Å². The highest BCUT2D eigenvalue weighted by Gasteiger charge is 2.44. The number of hydrogen-bond donors (Lipinski definition) is 0. The monoisotopic (exact) mass is 424 g/mol. The minimum atomic E-state index is -0.560. The van der Waals surface area contributed by atoms with Gasteiger partial charge in [0.15, 0.2) is 5.17 Å². The molecule has 1 amide bonds. The Morgan fingerprint density at radius 3 is 2.59 bits per heavy atom. The molecule has 0 unspecified atom stereocenters. The summed E-state index contributed by atoms with van der Waals surface area (Å²) in [5.41, 5.74) is 2.65. The van der Waals surface area contributed by atoms with Gasteiger partial charge in [0.05, 0.1) is 29.7 Å². The molecule has 2 aliphatic heterocycles. The number of benzene rings is 2. The van der Waals surface area contributed by atoms with Crippen molar-refractivity contribution in [2.24, 2.45) is 4.99 Å². The van der Waals surface area contributed by atoms with Gasteiger partial charge < -0.3 is 4.74 Å². The number of amides is 1. The molecule has 1 atom stereocenters. The molecule has 2 heterocycles. The number of hydrogen-bond acceptors (Lipinski definition) is 6. The van der Waals surface area contributed by atoms with E-state index in [1.54, 1.807) is 23.6 Å². The van der Waals surface area contributed by atoms with Gasteiger partial charge in [-0.1, -0.05) is 54.2 Å². The zero-order valence-electron chi connectivity index (χ0n) is 16.1. The molecule has 2 aliphatic rings. The van der Waals surface area contributed by atoms with E-state index in [0.717, 1.165) is 16.0 Å². The zero-order valence-corrected chi connectivity index (χ0v) is 17.8. The van der Waals surface area contributed by atoms with Gasteiger partial charge in [-0.3, -0.25) is 9.69 Å². The summed E-state index contributed by atoms with van der Waals surface area (Å²) in [6, 6.07) is 17.0. The van der Waals surface area contributed by atoms with E-state index in [-0.39, 0.29) is 12.5 Å². The van der Waals surface area contributed by atoms with E-state index in [1.165, 1.54) is 11.8 Å². The van der Waals surface area contributed by atoms with Crippen LogP contribution in [-0.2, 0) is 14.3 Å². The number of fused-ring (bicyclic) bond motifs is 1. The van der Waals surface area contributed by atoms with Crippen LogP contribution in [0.15, 0.2) is 70.1 Å². The molecule has 0 aliphatic carbocycles. The Hall–Kier alpha value is -2.51. The number of nitrogens with zero attached hydrogens (tertiary/aromatic N) is 2. The van der Waals surface area contributed by atoms with Crippen LogP contribution in [0.5, 0.6) is 0 Å². The van der Waals surface area contributed by atoms with Crippen LogP contribution < -0.4 is 0 Å². The van der Waals surface area contributed by atoms with Gasteiger partial charge >= 0.3 is 5.97 Å². The smallest absolute Gasteiger partial charge is 0.338 e. The largest absolute Gasteiger partial charge is 0.463 e. The first kappa shape index (κ1) is 19.8. The second-order valence-electron chi connectivity index (χ2n) is 6.47. The lowest BCUT2D eigenvalue weighted by molar-refractivity contribution is -0.139. The van der Waals surface area contributed by atoms with Crippen molar-refractivity contribution in [1.29, 1.82) is 0 Å². The molecule has 0 spiro atoms. The fourth-order valence-corrected chi connectivity index (χ4v) is 4.76. The lowest BCUT2D eigenvalue weighted by atomic mass is 9.92. The third-order valence-corrected chi connectivity index (χ3v) is 6.45. The van der Waals surface area contributed by atoms with Crippen LogP contribution in [0.3, 0.4) is 0 Å². The van der Waals surface area contributed by atoms with Crippen LogP contribution >= 0.6 is 23.5 Å². The quantitative estimate of drug-likeness (QED) is 0.527. The molecule has 0 N–H and O–H groups in total. The van der Waals surface area contributed by atoms with Crippen LogP contribution in [0.2, 0.25) is 0 Å². The summed E-state index contributed by atoms with van der Waals surface area (Å²) in [5.74, 6) is -0.185. The van der Waals surface area contributed by atoms with Crippen molar-refractivity contribution < 1.29 is 14.3 Å². The Morgan fingerprint density at radius 2 is 1.93 bits per heavy atom. The maximum atomic E-state index is 13.1. The summed E-state index contributed by atoms with van der Waals surface area (Å²) in [7, 11) is 0. The van der Waals surface area contributed by atoms with Gasteiger partial charge in [-0.25, -0.2) is 9.79 Å². The first-order valence-electron chi connectivity index (χ1n) is 9.28. The molecule has 0 aromatic heterocycles. The van der Waals surface area contributed by atoms with Gasteiger partial charge in [-0.15, -0.1) is 11.8 Å². The first-order valence-corrected chi connectivity index (χ1v) is 11.5. The predicted octanol–water partition coefficient (Wildman–Crippen LogP) is 4.37. The van der Waals surface area contributed by atoms with Gasteiger partial charge in [-0.2, -0.15) is 0 Å². The van der Waals surface area contributed by atoms with Crippen LogP contribution in [-0.4, -0.2) is 40.6 Å². The molecule has 0 radical (unpaired) electrons. The summed E-state index contributed by atoms with van der Waals surface area (Å²) in [6.45, 7) is 2.03. The van der Waals surface area contributed by atoms with E-state index in [1.807, 2.05) is 60.9 Å². The number of thioether (sulfide) groups is 2. The Labute approximate surface area is 178 Å². The second kappa shape index (κ2) is 8.47. The lowest BCUT2D eigenvalue weighted by Gasteiger charge is -2.33. The Kier molecular flexibility index (Phi) is 5.78. The molecule has 2 aromatic rings. The van der Waals surface area contributed by atoms with E-state index < -0.39 is 12.0 Å². The van der Waals surface area contributed by atoms with Gasteiger partial charge in [0, 0.05) is 10.5 Å². The number of amidine groups is 1. The minimum Gasteiger partial charge on any atom is -0.463 e. The standard InChI is InChI=1S/C22H20N2O3S2/c1-3-27-21(26)18-19(14-7-5-4-6-8-14)23-22-24(17(25)13-29-22)20(18)15-9-11-16(28-2)12-10-15/h4-12,20H,3,13H2,1-2H3/t20-/m0/s1. The molecule has 4 rings (SSSR count). The number of ether oxygens (including phenoxy) is 1. The Balaban J connectivity index is 1.94. The van der Waals surface area contributed by atoms with Crippen LogP contribution in [0, 0.1) is 0 Å². The summed E-state index contributed by atoms with van der Waals surface area (Å²) in [5, 5.41) is 0.626. The van der Waals surface area contributed by atoms with Crippen molar-refractivity contribution in [1.82, 2.24) is 4.90 Å². The average molecular weight is 425 g/mol. The van der Waals surface area contributed by atoms with Crippen molar-refractivity contribution >= 4 is 46.3 Å². The average Bonchev–Trinajstić information content (AvgIpc) is 3.14.